The fourth-order valence-corrected chi connectivity index (χ4v) is 3.37. The highest BCUT2D eigenvalue weighted by molar-refractivity contribution is 5.94. The highest BCUT2D eigenvalue weighted by Crippen LogP contribution is 2.19. The van der Waals surface area contributed by atoms with E-state index >= 15 is 0 Å². The van der Waals surface area contributed by atoms with Crippen LogP contribution in [0, 0.1) is 0 Å². The summed E-state index contributed by atoms with van der Waals surface area (Å²) in [5.41, 5.74) is 6.14. The Balaban J connectivity index is 2.19. The first-order valence-electron chi connectivity index (χ1n) is 9.93. The molecule has 1 fully saturated rings. The molecule has 1 aliphatic rings. The van der Waals surface area contributed by atoms with E-state index in [4.69, 9.17) is 10.8 Å². The molecule has 0 spiro atoms. The van der Waals surface area contributed by atoms with Crippen molar-refractivity contribution in [2.24, 2.45) is 5.73 Å². The van der Waals surface area contributed by atoms with Crippen molar-refractivity contribution in [2.45, 2.75) is 43.4 Å². The molecule has 11 nitrogen and oxygen atoms in total. The molecule has 0 aliphatic carbocycles. The van der Waals surface area contributed by atoms with Crippen molar-refractivity contribution in [3.05, 3.63) is 35.9 Å². The molecular weight excluding hydrogens is 408 g/mol. The van der Waals surface area contributed by atoms with Gasteiger partial charge in [0.25, 0.3) is 0 Å². The number of carboxylic acids is 1. The third-order valence-corrected chi connectivity index (χ3v) is 5.07. The van der Waals surface area contributed by atoms with Gasteiger partial charge in [-0.1, -0.05) is 30.3 Å². The SMILES string of the molecule is NC(CO)C(=O)NC(CO)C(=O)NC(Cc1ccccc1)C(=O)N1CCCC1C(=O)O. The van der Waals surface area contributed by atoms with Crippen molar-refractivity contribution in [3.63, 3.8) is 0 Å². The van der Waals surface area contributed by atoms with Crippen molar-refractivity contribution in [2.75, 3.05) is 19.8 Å². The van der Waals surface area contributed by atoms with Crippen molar-refractivity contribution in [1.82, 2.24) is 15.5 Å². The Kier molecular flexibility index (Phi) is 8.91. The van der Waals surface area contributed by atoms with Gasteiger partial charge in [0.05, 0.1) is 13.2 Å². The fraction of sp³-hybridized carbons (Fsp3) is 0.500. The Labute approximate surface area is 179 Å². The maximum absolute atomic E-state index is 13.1. The number of amides is 3. The zero-order chi connectivity index (χ0) is 23.0. The number of aliphatic hydroxyl groups excluding tert-OH is 2. The minimum Gasteiger partial charge on any atom is -0.480 e. The molecule has 0 radical (unpaired) electrons. The van der Waals surface area contributed by atoms with E-state index in [1.165, 1.54) is 4.90 Å². The van der Waals surface area contributed by atoms with Gasteiger partial charge in [0.1, 0.15) is 24.2 Å². The van der Waals surface area contributed by atoms with E-state index in [9.17, 15) is 29.4 Å². The Morgan fingerprint density at radius 2 is 1.68 bits per heavy atom. The molecule has 1 aliphatic heterocycles. The second-order valence-corrected chi connectivity index (χ2v) is 7.31. The quantitative estimate of drug-likeness (QED) is 0.234. The van der Waals surface area contributed by atoms with Crippen LogP contribution in [-0.4, -0.2) is 87.8 Å². The first-order chi connectivity index (χ1) is 14.8. The Morgan fingerprint density at radius 1 is 1.03 bits per heavy atom. The summed E-state index contributed by atoms with van der Waals surface area (Å²) in [7, 11) is 0. The molecule has 1 heterocycles. The summed E-state index contributed by atoms with van der Waals surface area (Å²) < 4.78 is 0. The molecule has 0 bridgehead atoms. The summed E-state index contributed by atoms with van der Waals surface area (Å²) in [6.45, 7) is -1.15. The molecule has 1 aromatic rings. The van der Waals surface area contributed by atoms with Gasteiger partial charge in [-0.25, -0.2) is 4.79 Å². The number of aliphatic carboxylic acids is 1. The van der Waals surface area contributed by atoms with Crippen LogP contribution in [0.25, 0.3) is 0 Å². The summed E-state index contributed by atoms with van der Waals surface area (Å²) in [5, 5.41) is 32.6. The third kappa shape index (κ3) is 6.48. The summed E-state index contributed by atoms with van der Waals surface area (Å²) in [4.78, 5) is 50.4. The monoisotopic (exact) mass is 436 g/mol. The van der Waals surface area contributed by atoms with E-state index in [1.807, 2.05) is 0 Å². The Bertz CT molecular complexity index is 789. The number of likely N-dealkylation sites (tertiary alicyclic amines) is 1. The molecule has 1 aromatic carbocycles. The number of nitrogens with one attached hydrogen (secondary N) is 2. The van der Waals surface area contributed by atoms with Crippen LogP contribution in [-0.2, 0) is 25.6 Å². The standard InChI is InChI=1S/C20H28N4O7/c21-13(10-25)17(27)23-15(11-26)18(28)22-14(9-12-5-2-1-3-6-12)19(29)24-8-4-7-16(24)20(30)31/h1-3,5-6,13-16,25-26H,4,7-11,21H2,(H,22,28)(H,23,27)(H,30,31). The average molecular weight is 436 g/mol. The van der Waals surface area contributed by atoms with Crippen LogP contribution < -0.4 is 16.4 Å². The lowest BCUT2D eigenvalue weighted by Crippen LogP contribution is -2.58. The summed E-state index contributed by atoms with van der Waals surface area (Å²) in [5.74, 6) is -3.35. The number of rotatable bonds is 10. The fourth-order valence-electron chi connectivity index (χ4n) is 3.37. The second kappa shape index (κ2) is 11.4. The molecule has 4 unspecified atom stereocenters. The summed E-state index contributed by atoms with van der Waals surface area (Å²) in [6, 6.07) is 4.10. The van der Waals surface area contributed by atoms with Crippen LogP contribution in [0.1, 0.15) is 18.4 Å². The zero-order valence-corrected chi connectivity index (χ0v) is 16.9. The van der Waals surface area contributed by atoms with Crippen molar-refractivity contribution >= 4 is 23.7 Å². The van der Waals surface area contributed by atoms with E-state index in [2.05, 4.69) is 10.6 Å². The van der Waals surface area contributed by atoms with E-state index < -0.39 is 61.1 Å². The topological polar surface area (TPSA) is 182 Å². The maximum atomic E-state index is 13.1. The van der Waals surface area contributed by atoms with Gasteiger partial charge >= 0.3 is 5.97 Å². The van der Waals surface area contributed by atoms with Gasteiger partial charge in [-0.05, 0) is 18.4 Å². The molecule has 0 aromatic heterocycles. The number of hydrogen-bond donors (Lipinski definition) is 6. The number of benzene rings is 1. The molecule has 1 saturated heterocycles. The largest absolute Gasteiger partial charge is 0.480 e. The Hall–Kier alpha value is -3.02. The molecule has 3 amide bonds. The van der Waals surface area contributed by atoms with Gasteiger partial charge < -0.3 is 36.6 Å². The normalized spacial score (nSPS) is 18.7. The predicted octanol–water partition coefficient (Wildman–Crippen LogP) is -2.41. The maximum Gasteiger partial charge on any atom is 0.326 e. The molecule has 2 rings (SSSR count). The second-order valence-electron chi connectivity index (χ2n) is 7.31. The van der Waals surface area contributed by atoms with Gasteiger partial charge in [0.15, 0.2) is 0 Å². The van der Waals surface area contributed by atoms with E-state index in [0.717, 1.165) is 5.56 Å². The predicted molar refractivity (Wildman–Crippen MR) is 109 cm³/mol. The molecule has 170 valence electrons. The van der Waals surface area contributed by atoms with Gasteiger partial charge in [-0.2, -0.15) is 0 Å². The lowest BCUT2D eigenvalue weighted by Gasteiger charge is -2.28. The van der Waals surface area contributed by atoms with Crippen molar-refractivity contribution in [3.8, 4) is 0 Å². The highest BCUT2D eigenvalue weighted by atomic mass is 16.4. The van der Waals surface area contributed by atoms with Gasteiger partial charge in [-0.3, -0.25) is 14.4 Å². The van der Waals surface area contributed by atoms with Gasteiger partial charge in [0, 0.05) is 13.0 Å². The van der Waals surface area contributed by atoms with Crippen LogP contribution in [0.2, 0.25) is 0 Å². The minimum atomic E-state index is -1.40. The van der Waals surface area contributed by atoms with Crippen molar-refractivity contribution < 1.29 is 34.5 Å². The van der Waals surface area contributed by atoms with Crippen molar-refractivity contribution in [1.29, 1.82) is 0 Å². The lowest BCUT2D eigenvalue weighted by atomic mass is 10.0. The zero-order valence-electron chi connectivity index (χ0n) is 16.9. The highest BCUT2D eigenvalue weighted by Gasteiger charge is 2.38. The smallest absolute Gasteiger partial charge is 0.326 e. The van der Waals surface area contributed by atoms with E-state index in [1.54, 1.807) is 30.3 Å². The average Bonchev–Trinajstić information content (AvgIpc) is 3.26. The first-order valence-corrected chi connectivity index (χ1v) is 9.93. The minimum absolute atomic E-state index is 0.0938. The van der Waals surface area contributed by atoms with E-state index in [0.29, 0.717) is 12.8 Å². The van der Waals surface area contributed by atoms with Crippen LogP contribution >= 0.6 is 0 Å². The van der Waals surface area contributed by atoms with Crippen LogP contribution in [0.3, 0.4) is 0 Å². The van der Waals surface area contributed by atoms with Crippen LogP contribution in [0.4, 0.5) is 0 Å². The summed E-state index contributed by atoms with van der Waals surface area (Å²) in [6.07, 6.45) is 0.945. The number of hydrogen-bond acceptors (Lipinski definition) is 7. The van der Waals surface area contributed by atoms with E-state index in [-0.39, 0.29) is 13.0 Å². The number of carbonyl (C=O) groups is 4. The molecule has 4 atom stereocenters. The molecule has 31 heavy (non-hydrogen) atoms. The van der Waals surface area contributed by atoms with Gasteiger partial charge in [-0.15, -0.1) is 0 Å². The molecular formula is C20H28N4O7. The molecule has 7 N–H and O–H groups in total. The van der Waals surface area contributed by atoms with Gasteiger partial charge in [0.2, 0.25) is 17.7 Å². The summed E-state index contributed by atoms with van der Waals surface area (Å²) >= 11 is 0. The number of carbonyl (C=O) groups excluding carboxylic acids is 3. The first kappa shape index (κ1) is 24.3. The lowest BCUT2D eigenvalue weighted by molar-refractivity contribution is -0.149. The Morgan fingerprint density at radius 3 is 2.26 bits per heavy atom. The van der Waals surface area contributed by atoms with Crippen LogP contribution in [0.15, 0.2) is 30.3 Å². The molecule has 11 heteroatoms. The number of nitrogens with zero attached hydrogens (tertiary/aromatic N) is 1. The number of carboxylic acid groups (broad SMARTS) is 1. The number of nitrogens with two attached hydrogens (primary N) is 1. The third-order valence-electron chi connectivity index (χ3n) is 5.07. The molecule has 0 saturated carbocycles. The number of aliphatic hydroxyl groups is 2. The van der Waals surface area contributed by atoms with Crippen LogP contribution in [0.5, 0.6) is 0 Å².